The lowest BCUT2D eigenvalue weighted by Crippen LogP contribution is -2.30. The molecule has 1 aromatic rings. The molecule has 0 fully saturated rings. The van der Waals surface area contributed by atoms with Crippen molar-refractivity contribution in [3.8, 4) is 0 Å². The van der Waals surface area contributed by atoms with Crippen LogP contribution in [0.2, 0.25) is 0 Å². The van der Waals surface area contributed by atoms with E-state index in [-0.39, 0.29) is 6.42 Å². The van der Waals surface area contributed by atoms with E-state index >= 15 is 0 Å². The van der Waals surface area contributed by atoms with Gasteiger partial charge in [-0.15, -0.1) is 0 Å². The SMILES string of the molecule is CCN(CC)C(CC(=O)O)c1cc(F)cc(F)c1. The largest absolute Gasteiger partial charge is 0.481 e. The summed E-state index contributed by atoms with van der Waals surface area (Å²) >= 11 is 0. The lowest BCUT2D eigenvalue weighted by atomic mass is 10.0. The van der Waals surface area contributed by atoms with E-state index in [4.69, 9.17) is 5.11 Å². The molecule has 0 aliphatic heterocycles. The second-order valence-electron chi connectivity index (χ2n) is 4.04. The molecule has 0 aliphatic rings. The number of benzene rings is 1. The Hall–Kier alpha value is -1.49. The fraction of sp³-hybridized carbons (Fsp3) is 0.462. The van der Waals surface area contributed by atoms with Gasteiger partial charge in [0.15, 0.2) is 0 Å². The van der Waals surface area contributed by atoms with Gasteiger partial charge in [-0.2, -0.15) is 0 Å². The third-order valence-corrected chi connectivity index (χ3v) is 2.89. The van der Waals surface area contributed by atoms with Gasteiger partial charge in [0.1, 0.15) is 11.6 Å². The van der Waals surface area contributed by atoms with E-state index in [1.807, 2.05) is 18.7 Å². The first-order chi connectivity index (χ1) is 8.47. The number of halogens is 2. The van der Waals surface area contributed by atoms with Crippen LogP contribution in [0.15, 0.2) is 18.2 Å². The number of hydrogen-bond donors (Lipinski definition) is 1. The van der Waals surface area contributed by atoms with Gasteiger partial charge in [-0.1, -0.05) is 13.8 Å². The lowest BCUT2D eigenvalue weighted by Gasteiger charge is -2.29. The van der Waals surface area contributed by atoms with Crippen molar-refractivity contribution < 1.29 is 18.7 Å². The van der Waals surface area contributed by atoms with Crippen LogP contribution in [-0.2, 0) is 4.79 Å². The van der Waals surface area contributed by atoms with Crippen LogP contribution in [0, 0.1) is 11.6 Å². The minimum absolute atomic E-state index is 0.176. The minimum atomic E-state index is -0.989. The maximum absolute atomic E-state index is 13.2. The third kappa shape index (κ3) is 3.77. The molecule has 0 saturated heterocycles. The zero-order valence-electron chi connectivity index (χ0n) is 10.5. The quantitative estimate of drug-likeness (QED) is 0.852. The van der Waals surface area contributed by atoms with Crippen LogP contribution < -0.4 is 0 Å². The first-order valence-electron chi connectivity index (χ1n) is 5.89. The van der Waals surface area contributed by atoms with Gasteiger partial charge < -0.3 is 5.11 Å². The van der Waals surface area contributed by atoms with Crippen molar-refractivity contribution >= 4 is 5.97 Å². The molecule has 0 radical (unpaired) electrons. The predicted octanol–water partition coefficient (Wildman–Crippen LogP) is 2.82. The highest BCUT2D eigenvalue weighted by molar-refractivity contribution is 5.68. The maximum Gasteiger partial charge on any atom is 0.305 e. The third-order valence-electron chi connectivity index (χ3n) is 2.89. The van der Waals surface area contributed by atoms with Gasteiger partial charge in [-0.05, 0) is 30.8 Å². The number of aliphatic carboxylic acids is 1. The van der Waals surface area contributed by atoms with Crippen molar-refractivity contribution in [2.24, 2.45) is 0 Å². The molecule has 0 saturated carbocycles. The first-order valence-corrected chi connectivity index (χ1v) is 5.89. The molecular formula is C13H17F2NO2. The van der Waals surface area contributed by atoms with Crippen LogP contribution in [-0.4, -0.2) is 29.1 Å². The average Bonchev–Trinajstić information content (AvgIpc) is 2.27. The molecule has 0 spiro atoms. The Morgan fingerprint density at radius 2 is 1.72 bits per heavy atom. The molecule has 18 heavy (non-hydrogen) atoms. The summed E-state index contributed by atoms with van der Waals surface area (Å²) in [5, 5.41) is 8.91. The van der Waals surface area contributed by atoms with Crippen molar-refractivity contribution in [3.05, 3.63) is 35.4 Å². The monoisotopic (exact) mass is 257 g/mol. The van der Waals surface area contributed by atoms with Gasteiger partial charge in [0.25, 0.3) is 0 Å². The van der Waals surface area contributed by atoms with Crippen molar-refractivity contribution in [2.45, 2.75) is 26.3 Å². The highest BCUT2D eigenvalue weighted by Crippen LogP contribution is 2.25. The van der Waals surface area contributed by atoms with Crippen molar-refractivity contribution in [1.29, 1.82) is 0 Å². The van der Waals surface area contributed by atoms with E-state index in [1.54, 1.807) is 0 Å². The summed E-state index contributed by atoms with van der Waals surface area (Å²) in [4.78, 5) is 12.7. The molecule has 0 aromatic heterocycles. The van der Waals surface area contributed by atoms with Gasteiger partial charge in [-0.25, -0.2) is 8.78 Å². The molecular weight excluding hydrogens is 240 g/mol. The molecule has 0 bridgehead atoms. The predicted molar refractivity (Wildman–Crippen MR) is 64.3 cm³/mol. The van der Waals surface area contributed by atoms with E-state index in [2.05, 4.69) is 0 Å². The van der Waals surface area contributed by atoms with E-state index in [0.29, 0.717) is 18.7 Å². The van der Waals surface area contributed by atoms with Gasteiger partial charge in [0.2, 0.25) is 0 Å². The molecule has 1 aromatic carbocycles. The molecule has 1 N–H and O–H groups in total. The van der Waals surface area contributed by atoms with Crippen LogP contribution in [0.3, 0.4) is 0 Å². The second-order valence-corrected chi connectivity index (χ2v) is 4.04. The Bertz CT molecular complexity index is 399. The zero-order valence-corrected chi connectivity index (χ0v) is 10.5. The Labute approximate surface area is 105 Å². The summed E-state index contributed by atoms with van der Waals surface area (Å²) in [5.74, 6) is -2.36. The highest BCUT2D eigenvalue weighted by Gasteiger charge is 2.22. The van der Waals surface area contributed by atoms with Crippen molar-refractivity contribution in [1.82, 2.24) is 4.90 Å². The van der Waals surface area contributed by atoms with Crippen LogP contribution in [0.25, 0.3) is 0 Å². The van der Waals surface area contributed by atoms with Gasteiger partial charge in [-0.3, -0.25) is 9.69 Å². The topological polar surface area (TPSA) is 40.5 Å². The summed E-state index contributed by atoms with van der Waals surface area (Å²) in [6.07, 6.45) is -0.176. The van der Waals surface area contributed by atoms with E-state index in [0.717, 1.165) is 6.07 Å². The molecule has 100 valence electrons. The standard InChI is InChI=1S/C13H17F2NO2/c1-3-16(4-2)12(8-13(17)18)9-5-10(14)7-11(15)6-9/h5-7,12H,3-4,8H2,1-2H3,(H,17,18). The summed E-state index contributed by atoms with van der Waals surface area (Å²) in [6.45, 7) is 5.00. The maximum atomic E-state index is 13.2. The normalized spacial score (nSPS) is 12.7. The molecule has 5 heteroatoms. The van der Waals surface area contributed by atoms with E-state index in [1.165, 1.54) is 12.1 Å². The summed E-state index contributed by atoms with van der Waals surface area (Å²) in [7, 11) is 0. The van der Waals surface area contributed by atoms with Crippen LogP contribution in [0.1, 0.15) is 31.9 Å². The smallest absolute Gasteiger partial charge is 0.305 e. The number of nitrogens with zero attached hydrogens (tertiary/aromatic N) is 1. The molecule has 0 amide bonds. The molecule has 1 rings (SSSR count). The van der Waals surface area contributed by atoms with Gasteiger partial charge in [0, 0.05) is 12.1 Å². The summed E-state index contributed by atoms with van der Waals surface area (Å²) < 4.78 is 26.4. The Balaban J connectivity index is 3.11. The Morgan fingerprint density at radius 1 is 1.22 bits per heavy atom. The van der Waals surface area contributed by atoms with Crippen molar-refractivity contribution in [2.75, 3.05) is 13.1 Å². The average molecular weight is 257 g/mol. The molecule has 3 nitrogen and oxygen atoms in total. The minimum Gasteiger partial charge on any atom is -0.481 e. The summed E-state index contributed by atoms with van der Waals surface area (Å²) in [5.41, 5.74) is 0.360. The lowest BCUT2D eigenvalue weighted by molar-refractivity contribution is -0.138. The Kier molecular flexibility index (Phi) is 5.22. The molecule has 0 heterocycles. The number of carbonyl (C=O) groups is 1. The molecule has 0 aliphatic carbocycles. The molecule has 1 atom stereocenters. The molecule has 1 unspecified atom stereocenters. The van der Waals surface area contributed by atoms with Crippen LogP contribution in [0.5, 0.6) is 0 Å². The number of carboxylic acids is 1. The van der Waals surface area contributed by atoms with Crippen LogP contribution in [0.4, 0.5) is 8.78 Å². The van der Waals surface area contributed by atoms with E-state index < -0.39 is 23.6 Å². The highest BCUT2D eigenvalue weighted by atomic mass is 19.1. The van der Waals surface area contributed by atoms with E-state index in [9.17, 15) is 13.6 Å². The fourth-order valence-electron chi connectivity index (χ4n) is 2.06. The number of carboxylic acid groups (broad SMARTS) is 1. The Morgan fingerprint density at radius 3 is 2.11 bits per heavy atom. The van der Waals surface area contributed by atoms with Gasteiger partial charge in [0.05, 0.1) is 6.42 Å². The number of rotatable bonds is 6. The van der Waals surface area contributed by atoms with Gasteiger partial charge >= 0.3 is 5.97 Å². The van der Waals surface area contributed by atoms with Crippen molar-refractivity contribution in [3.63, 3.8) is 0 Å². The van der Waals surface area contributed by atoms with Crippen LogP contribution >= 0.6 is 0 Å². The number of hydrogen-bond acceptors (Lipinski definition) is 2. The summed E-state index contributed by atoms with van der Waals surface area (Å²) in [6, 6.07) is 2.65. The first kappa shape index (κ1) is 14.6. The second kappa shape index (κ2) is 6.44. The fourth-order valence-corrected chi connectivity index (χ4v) is 2.06. The zero-order chi connectivity index (χ0) is 13.7.